The van der Waals surface area contributed by atoms with Crippen molar-refractivity contribution in [1.29, 1.82) is 0 Å². The zero-order valence-electron chi connectivity index (χ0n) is 11.9. The van der Waals surface area contributed by atoms with E-state index in [4.69, 9.17) is 10.8 Å². The SMILES string of the molecule is CC(CCC1CCCC1)CC(C)C(N)CC(=O)O. The van der Waals surface area contributed by atoms with Crippen molar-refractivity contribution in [3.8, 4) is 0 Å². The zero-order valence-corrected chi connectivity index (χ0v) is 11.9. The highest BCUT2D eigenvalue weighted by atomic mass is 16.4. The fraction of sp³-hybridized carbons (Fsp3) is 0.933. The Bertz CT molecular complexity index is 249. The minimum atomic E-state index is -0.784. The molecule has 1 rings (SSSR count). The molecule has 0 aromatic heterocycles. The predicted octanol–water partition coefficient (Wildman–Crippen LogP) is 3.42. The number of nitrogens with two attached hydrogens (primary N) is 1. The van der Waals surface area contributed by atoms with Crippen LogP contribution >= 0.6 is 0 Å². The average molecular weight is 255 g/mol. The van der Waals surface area contributed by atoms with Gasteiger partial charge in [-0.15, -0.1) is 0 Å². The Labute approximate surface area is 111 Å². The van der Waals surface area contributed by atoms with Gasteiger partial charge in [0.1, 0.15) is 0 Å². The van der Waals surface area contributed by atoms with Crippen LogP contribution in [0.25, 0.3) is 0 Å². The third-order valence-corrected chi connectivity index (χ3v) is 4.46. The molecule has 0 radical (unpaired) electrons. The molecular weight excluding hydrogens is 226 g/mol. The van der Waals surface area contributed by atoms with Crippen molar-refractivity contribution in [2.75, 3.05) is 0 Å². The second kappa shape index (κ2) is 7.78. The second-order valence-corrected chi connectivity index (χ2v) is 6.31. The molecule has 18 heavy (non-hydrogen) atoms. The van der Waals surface area contributed by atoms with E-state index in [0.717, 1.165) is 12.3 Å². The molecule has 0 aliphatic heterocycles. The Morgan fingerprint density at radius 2 is 1.94 bits per heavy atom. The summed E-state index contributed by atoms with van der Waals surface area (Å²) in [5, 5.41) is 8.73. The van der Waals surface area contributed by atoms with E-state index in [9.17, 15) is 4.79 Å². The van der Waals surface area contributed by atoms with Crippen molar-refractivity contribution in [2.45, 2.75) is 71.3 Å². The summed E-state index contributed by atoms with van der Waals surface area (Å²) in [7, 11) is 0. The second-order valence-electron chi connectivity index (χ2n) is 6.31. The van der Waals surface area contributed by atoms with Crippen LogP contribution in [-0.4, -0.2) is 17.1 Å². The van der Waals surface area contributed by atoms with Gasteiger partial charge in [-0.1, -0.05) is 52.4 Å². The predicted molar refractivity (Wildman–Crippen MR) is 74.4 cm³/mol. The van der Waals surface area contributed by atoms with Crippen molar-refractivity contribution in [3.63, 3.8) is 0 Å². The molecule has 3 atom stereocenters. The normalized spacial score (nSPS) is 21.7. The Kier molecular flexibility index (Phi) is 6.69. The molecule has 0 saturated heterocycles. The lowest BCUT2D eigenvalue weighted by Gasteiger charge is -2.22. The van der Waals surface area contributed by atoms with E-state index < -0.39 is 5.97 Å². The molecule has 0 amide bonds. The third kappa shape index (κ3) is 5.85. The number of hydrogen-bond acceptors (Lipinski definition) is 2. The standard InChI is InChI=1S/C15H29NO2/c1-11(7-8-13-5-3-4-6-13)9-12(2)14(16)10-15(17)18/h11-14H,3-10,16H2,1-2H3,(H,17,18). The van der Waals surface area contributed by atoms with E-state index >= 15 is 0 Å². The molecule has 3 N–H and O–H groups in total. The molecule has 0 aromatic rings. The number of rotatable bonds is 8. The Morgan fingerprint density at radius 1 is 1.33 bits per heavy atom. The van der Waals surface area contributed by atoms with Gasteiger partial charge in [0, 0.05) is 6.04 Å². The fourth-order valence-corrected chi connectivity index (χ4v) is 3.15. The topological polar surface area (TPSA) is 63.3 Å². The Balaban J connectivity index is 2.17. The van der Waals surface area contributed by atoms with Gasteiger partial charge >= 0.3 is 5.97 Å². The Morgan fingerprint density at radius 3 is 2.50 bits per heavy atom. The molecule has 1 fully saturated rings. The van der Waals surface area contributed by atoms with Gasteiger partial charge in [-0.2, -0.15) is 0 Å². The minimum Gasteiger partial charge on any atom is -0.481 e. The molecule has 0 spiro atoms. The van der Waals surface area contributed by atoms with Gasteiger partial charge < -0.3 is 10.8 Å². The van der Waals surface area contributed by atoms with Gasteiger partial charge in [0.15, 0.2) is 0 Å². The number of aliphatic carboxylic acids is 1. The van der Waals surface area contributed by atoms with E-state index in [-0.39, 0.29) is 12.5 Å². The van der Waals surface area contributed by atoms with Gasteiger partial charge in [0.2, 0.25) is 0 Å². The third-order valence-electron chi connectivity index (χ3n) is 4.46. The zero-order chi connectivity index (χ0) is 13.5. The molecule has 3 heteroatoms. The highest BCUT2D eigenvalue weighted by Crippen LogP contribution is 2.31. The summed E-state index contributed by atoms with van der Waals surface area (Å²) in [6.45, 7) is 4.36. The summed E-state index contributed by atoms with van der Waals surface area (Å²) in [4.78, 5) is 10.6. The lowest BCUT2D eigenvalue weighted by atomic mass is 9.86. The summed E-state index contributed by atoms with van der Waals surface area (Å²) in [6, 6.07) is -0.198. The minimum absolute atomic E-state index is 0.0938. The molecule has 3 unspecified atom stereocenters. The van der Waals surface area contributed by atoms with Crippen molar-refractivity contribution in [1.82, 2.24) is 0 Å². The molecule has 0 aromatic carbocycles. The van der Waals surface area contributed by atoms with Crippen LogP contribution in [0.1, 0.15) is 65.2 Å². The van der Waals surface area contributed by atoms with Crippen LogP contribution in [-0.2, 0) is 4.79 Å². The maximum atomic E-state index is 10.6. The molecule has 1 aliphatic carbocycles. The maximum Gasteiger partial charge on any atom is 0.304 e. The first-order valence-electron chi connectivity index (χ1n) is 7.46. The first-order chi connectivity index (χ1) is 8.49. The van der Waals surface area contributed by atoms with Gasteiger partial charge in [0.05, 0.1) is 6.42 Å². The highest BCUT2D eigenvalue weighted by Gasteiger charge is 2.20. The van der Waals surface area contributed by atoms with E-state index in [1.54, 1.807) is 0 Å². The van der Waals surface area contributed by atoms with Crippen molar-refractivity contribution in [3.05, 3.63) is 0 Å². The lowest BCUT2D eigenvalue weighted by Crippen LogP contribution is -2.31. The lowest BCUT2D eigenvalue weighted by molar-refractivity contribution is -0.137. The smallest absolute Gasteiger partial charge is 0.304 e. The van der Waals surface area contributed by atoms with Gasteiger partial charge in [-0.3, -0.25) is 4.79 Å². The quantitative estimate of drug-likeness (QED) is 0.698. The van der Waals surface area contributed by atoms with Crippen LogP contribution in [0.3, 0.4) is 0 Å². The van der Waals surface area contributed by atoms with Crippen molar-refractivity contribution >= 4 is 5.97 Å². The molecule has 1 aliphatic rings. The largest absolute Gasteiger partial charge is 0.481 e. The number of carboxylic acids is 1. The summed E-state index contributed by atoms with van der Waals surface area (Å²) >= 11 is 0. The molecule has 106 valence electrons. The van der Waals surface area contributed by atoms with Crippen LogP contribution in [0.15, 0.2) is 0 Å². The van der Waals surface area contributed by atoms with Crippen LogP contribution in [0.5, 0.6) is 0 Å². The summed E-state index contributed by atoms with van der Waals surface area (Å²) in [5.74, 6) is 1.14. The molecule has 3 nitrogen and oxygen atoms in total. The van der Waals surface area contributed by atoms with Crippen LogP contribution in [0.4, 0.5) is 0 Å². The highest BCUT2D eigenvalue weighted by molar-refractivity contribution is 5.67. The number of hydrogen-bond donors (Lipinski definition) is 2. The number of carbonyl (C=O) groups is 1. The molecule has 0 heterocycles. The van der Waals surface area contributed by atoms with Crippen molar-refractivity contribution in [2.24, 2.45) is 23.5 Å². The molecule has 0 bridgehead atoms. The Hall–Kier alpha value is -0.570. The van der Waals surface area contributed by atoms with E-state index in [1.807, 2.05) is 0 Å². The molecular formula is C15H29NO2. The van der Waals surface area contributed by atoms with Gasteiger partial charge in [0.25, 0.3) is 0 Å². The van der Waals surface area contributed by atoms with E-state index in [1.165, 1.54) is 38.5 Å². The summed E-state index contributed by atoms with van der Waals surface area (Å²) in [6.07, 6.45) is 9.44. The number of carboxylic acid groups (broad SMARTS) is 1. The van der Waals surface area contributed by atoms with Gasteiger partial charge in [-0.05, 0) is 24.2 Å². The summed E-state index contributed by atoms with van der Waals surface area (Å²) < 4.78 is 0. The average Bonchev–Trinajstić information content (AvgIpc) is 2.78. The fourth-order valence-electron chi connectivity index (χ4n) is 3.15. The van der Waals surface area contributed by atoms with E-state index in [2.05, 4.69) is 13.8 Å². The molecule has 1 saturated carbocycles. The first-order valence-corrected chi connectivity index (χ1v) is 7.46. The van der Waals surface area contributed by atoms with Crippen LogP contribution in [0, 0.1) is 17.8 Å². The first kappa shape index (κ1) is 15.5. The van der Waals surface area contributed by atoms with E-state index in [0.29, 0.717) is 11.8 Å². The monoisotopic (exact) mass is 255 g/mol. The van der Waals surface area contributed by atoms with Crippen LogP contribution in [0.2, 0.25) is 0 Å². The van der Waals surface area contributed by atoms with Gasteiger partial charge in [-0.25, -0.2) is 0 Å². The maximum absolute atomic E-state index is 10.6. The van der Waals surface area contributed by atoms with Crippen LogP contribution < -0.4 is 5.73 Å². The summed E-state index contributed by atoms with van der Waals surface area (Å²) in [5.41, 5.74) is 5.90. The van der Waals surface area contributed by atoms with Crippen molar-refractivity contribution < 1.29 is 9.90 Å².